The fourth-order valence-corrected chi connectivity index (χ4v) is 4.62. The zero-order chi connectivity index (χ0) is 19.1. The predicted molar refractivity (Wildman–Crippen MR) is 109 cm³/mol. The summed E-state index contributed by atoms with van der Waals surface area (Å²) in [5, 5.41) is 12.7. The number of rotatable bonds is 2. The zero-order valence-corrected chi connectivity index (χ0v) is 18.5. The fourth-order valence-electron chi connectivity index (χ4n) is 4.49. The smallest absolute Gasteiger partial charge is 0.275 e. The molecule has 0 amide bonds. The Kier molecular flexibility index (Phi) is 5.78. The van der Waals surface area contributed by atoms with Crippen LogP contribution in [0.1, 0.15) is 31.2 Å². The lowest BCUT2D eigenvalue weighted by atomic mass is 9.99. The standard InChI is InChI=1S/C22H24ClN2O3.BrH/c23-17-6-8-18(9-7-17)25-21-4-2-1-3-11-24(21)15-22(25,26)16-5-10-19-20(14-16)28-13-12-27-19;/h5-10,14,26H,1-4,11-13,15H2;1H/q+1;/p-1. The van der Waals surface area contributed by atoms with Crippen molar-refractivity contribution < 1.29 is 36.1 Å². The summed E-state index contributed by atoms with van der Waals surface area (Å²) < 4.78 is 13.8. The average Bonchev–Trinajstić information content (AvgIpc) is 2.85. The van der Waals surface area contributed by atoms with Crippen LogP contribution < -0.4 is 31.4 Å². The lowest BCUT2D eigenvalue weighted by molar-refractivity contribution is -0.534. The number of halogens is 2. The van der Waals surface area contributed by atoms with Crippen molar-refractivity contribution in [3.05, 3.63) is 53.1 Å². The van der Waals surface area contributed by atoms with Gasteiger partial charge < -0.3 is 31.6 Å². The highest BCUT2D eigenvalue weighted by atomic mass is 79.9. The van der Waals surface area contributed by atoms with Gasteiger partial charge in [0.05, 0.1) is 6.54 Å². The molecule has 0 radical (unpaired) electrons. The van der Waals surface area contributed by atoms with Gasteiger partial charge in [-0.05, 0) is 61.7 Å². The van der Waals surface area contributed by atoms with Crippen LogP contribution in [-0.4, -0.2) is 41.8 Å². The molecule has 2 aromatic rings. The van der Waals surface area contributed by atoms with E-state index in [-0.39, 0.29) is 17.0 Å². The van der Waals surface area contributed by atoms with Gasteiger partial charge >= 0.3 is 0 Å². The summed E-state index contributed by atoms with van der Waals surface area (Å²) >= 11 is 6.12. The summed E-state index contributed by atoms with van der Waals surface area (Å²) in [7, 11) is 0. The minimum Gasteiger partial charge on any atom is -1.00 e. The molecule has 3 aliphatic heterocycles. The van der Waals surface area contributed by atoms with Crippen LogP contribution in [-0.2, 0) is 5.72 Å². The summed E-state index contributed by atoms with van der Waals surface area (Å²) in [6.07, 6.45) is 4.45. The van der Waals surface area contributed by atoms with E-state index in [1.807, 2.05) is 42.5 Å². The van der Waals surface area contributed by atoms with Gasteiger partial charge in [-0.15, -0.1) is 0 Å². The van der Waals surface area contributed by atoms with E-state index < -0.39 is 5.72 Å². The van der Waals surface area contributed by atoms with Crippen molar-refractivity contribution in [3.8, 4) is 11.5 Å². The highest BCUT2D eigenvalue weighted by Gasteiger charge is 2.54. The van der Waals surface area contributed by atoms with E-state index in [0.717, 1.165) is 42.8 Å². The topological polar surface area (TPSA) is 44.9 Å². The Morgan fingerprint density at radius 2 is 1.72 bits per heavy atom. The zero-order valence-electron chi connectivity index (χ0n) is 16.1. The van der Waals surface area contributed by atoms with Gasteiger partial charge in [-0.25, -0.2) is 0 Å². The average molecular weight is 480 g/mol. The summed E-state index contributed by atoms with van der Waals surface area (Å²) in [5.41, 5.74) is 0.588. The van der Waals surface area contributed by atoms with E-state index in [4.69, 9.17) is 21.1 Å². The van der Waals surface area contributed by atoms with Crippen molar-refractivity contribution in [2.24, 2.45) is 0 Å². The number of anilines is 1. The molecule has 29 heavy (non-hydrogen) atoms. The SMILES string of the molecule is OC1(c2ccc3c(c2)OCCO3)C[N+]2=C(CCCCC2)N1c1ccc(Cl)cc1.[Br-]. The quantitative estimate of drug-likeness (QED) is 0.646. The van der Waals surface area contributed by atoms with Crippen molar-refractivity contribution in [1.82, 2.24) is 0 Å². The molecule has 3 aliphatic rings. The van der Waals surface area contributed by atoms with E-state index in [1.54, 1.807) is 0 Å². The molecule has 2 aromatic carbocycles. The number of amidine groups is 1. The first-order chi connectivity index (χ1) is 13.6. The minimum atomic E-state index is -1.17. The maximum absolute atomic E-state index is 12.0. The maximum Gasteiger partial charge on any atom is 0.275 e. The second kappa shape index (κ2) is 8.17. The molecule has 0 spiro atoms. The molecule has 5 rings (SSSR count). The molecule has 7 heteroatoms. The van der Waals surface area contributed by atoms with Crippen LogP contribution in [0, 0.1) is 0 Å². The Balaban J connectivity index is 0.00000205. The van der Waals surface area contributed by atoms with Gasteiger partial charge in [-0.3, -0.25) is 4.58 Å². The van der Waals surface area contributed by atoms with Crippen LogP contribution >= 0.6 is 11.6 Å². The molecule has 1 N–H and O–H groups in total. The Morgan fingerprint density at radius 3 is 2.52 bits per heavy atom. The Morgan fingerprint density at radius 1 is 0.966 bits per heavy atom. The van der Waals surface area contributed by atoms with Crippen molar-refractivity contribution in [2.45, 2.75) is 31.4 Å². The summed E-state index contributed by atoms with van der Waals surface area (Å²) in [4.78, 5) is 2.08. The molecule has 3 heterocycles. The van der Waals surface area contributed by atoms with Crippen LogP contribution in [0.4, 0.5) is 5.69 Å². The molecular weight excluding hydrogens is 456 g/mol. The third kappa shape index (κ3) is 3.62. The number of ether oxygens (including phenoxy) is 2. The van der Waals surface area contributed by atoms with Gasteiger partial charge in [0, 0.05) is 17.0 Å². The van der Waals surface area contributed by atoms with Crippen molar-refractivity contribution in [2.75, 3.05) is 31.2 Å². The molecule has 1 unspecified atom stereocenters. The number of nitrogens with zero attached hydrogens (tertiary/aromatic N) is 2. The van der Waals surface area contributed by atoms with Crippen LogP contribution in [0.25, 0.3) is 0 Å². The third-order valence-electron chi connectivity index (χ3n) is 5.82. The molecule has 0 aromatic heterocycles. The molecule has 5 nitrogen and oxygen atoms in total. The number of hydrogen-bond donors (Lipinski definition) is 1. The summed E-state index contributed by atoms with van der Waals surface area (Å²) in [6.45, 7) is 2.58. The second-order valence-electron chi connectivity index (χ2n) is 7.64. The van der Waals surface area contributed by atoms with Crippen LogP contribution in [0.2, 0.25) is 5.02 Å². The minimum absolute atomic E-state index is 0. The first kappa shape index (κ1) is 20.5. The maximum atomic E-state index is 12.0. The first-order valence-electron chi connectivity index (χ1n) is 9.94. The molecule has 0 saturated carbocycles. The first-order valence-corrected chi connectivity index (χ1v) is 10.3. The van der Waals surface area contributed by atoms with Gasteiger partial charge in [0.25, 0.3) is 11.6 Å². The van der Waals surface area contributed by atoms with Crippen molar-refractivity contribution in [3.63, 3.8) is 0 Å². The van der Waals surface area contributed by atoms with Gasteiger partial charge in [0.2, 0.25) is 0 Å². The molecule has 0 aliphatic carbocycles. The summed E-state index contributed by atoms with van der Waals surface area (Å²) in [5.74, 6) is 2.61. The molecule has 0 saturated heterocycles. The second-order valence-corrected chi connectivity index (χ2v) is 8.07. The Labute approximate surface area is 186 Å². The lowest BCUT2D eigenvalue weighted by Gasteiger charge is -2.30. The predicted octanol–water partition coefficient (Wildman–Crippen LogP) is 0.765. The lowest BCUT2D eigenvalue weighted by Crippen LogP contribution is -3.00. The van der Waals surface area contributed by atoms with E-state index >= 15 is 0 Å². The largest absolute Gasteiger partial charge is 1.00 e. The van der Waals surface area contributed by atoms with Gasteiger partial charge in [0.15, 0.2) is 18.0 Å². The molecule has 154 valence electrons. The van der Waals surface area contributed by atoms with Crippen LogP contribution in [0.5, 0.6) is 11.5 Å². The van der Waals surface area contributed by atoms with Crippen LogP contribution in [0.3, 0.4) is 0 Å². The van der Waals surface area contributed by atoms with E-state index in [1.165, 1.54) is 12.3 Å². The Bertz CT molecular complexity index is 934. The van der Waals surface area contributed by atoms with Gasteiger partial charge in [-0.1, -0.05) is 11.6 Å². The highest BCUT2D eigenvalue weighted by Crippen LogP contribution is 2.41. The number of aliphatic hydroxyl groups is 1. The van der Waals surface area contributed by atoms with E-state index in [0.29, 0.717) is 30.5 Å². The van der Waals surface area contributed by atoms with Gasteiger partial charge in [0.1, 0.15) is 18.9 Å². The monoisotopic (exact) mass is 478 g/mol. The molecular formula is C22H24BrClN2O3. The third-order valence-corrected chi connectivity index (χ3v) is 6.07. The Hall–Kier alpha value is -1.76. The van der Waals surface area contributed by atoms with Crippen molar-refractivity contribution >= 4 is 23.1 Å². The number of hydrogen-bond acceptors (Lipinski definition) is 4. The van der Waals surface area contributed by atoms with E-state index in [2.05, 4.69) is 9.48 Å². The van der Waals surface area contributed by atoms with Crippen molar-refractivity contribution in [1.29, 1.82) is 0 Å². The molecule has 0 fully saturated rings. The van der Waals surface area contributed by atoms with E-state index in [9.17, 15) is 5.11 Å². The molecule has 1 atom stereocenters. The fraction of sp³-hybridized carbons (Fsp3) is 0.409. The normalized spacial score (nSPS) is 23.3. The number of benzene rings is 2. The number of fused-ring (bicyclic) bond motifs is 1. The highest BCUT2D eigenvalue weighted by molar-refractivity contribution is 6.30. The van der Waals surface area contributed by atoms with Gasteiger partial charge in [-0.2, -0.15) is 4.90 Å². The molecule has 0 bridgehead atoms. The summed E-state index contributed by atoms with van der Waals surface area (Å²) in [6, 6.07) is 13.5. The van der Waals surface area contributed by atoms with Crippen LogP contribution in [0.15, 0.2) is 42.5 Å².